The van der Waals surface area contributed by atoms with Crippen molar-refractivity contribution in [1.29, 1.82) is 0 Å². The van der Waals surface area contributed by atoms with Crippen LogP contribution in [-0.2, 0) is 0 Å². The van der Waals surface area contributed by atoms with Gasteiger partial charge < -0.3 is 10.6 Å². The number of nitrogens with zero attached hydrogens (tertiary/aromatic N) is 1. The molecular weight excluding hydrogens is 306 g/mol. The van der Waals surface area contributed by atoms with Gasteiger partial charge in [-0.3, -0.25) is 4.99 Å². The summed E-state index contributed by atoms with van der Waals surface area (Å²) < 4.78 is 0. The van der Waals surface area contributed by atoms with Crippen molar-refractivity contribution in [2.24, 2.45) is 10.9 Å². The van der Waals surface area contributed by atoms with Crippen molar-refractivity contribution in [3.05, 3.63) is 47.1 Å². The normalized spacial score (nSPS) is 21.5. The van der Waals surface area contributed by atoms with Crippen molar-refractivity contribution in [2.45, 2.75) is 58.5 Å². The molecule has 1 heterocycles. The average molecular weight is 342 g/mol. The van der Waals surface area contributed by atoms with Crippen molar-refractivity contribution in [3.8, 4) is 0 Å². The Bertz CT molecular complexity index is 576. The maximum absolute atomic E-state index is 4.36. The molecule has 0 bridgehead atoms. The van der Waals surface area contributed by atoms with E-state index in [2.05, 4.69) is 61.2 Å². The van der Waals surface area contributed by atoms with E-state index in [0.717, 1.165) is 38.8 Å². The van der Waals surface area contributed by atoms with Crippen LogP contribution in [0.1, 0.15) is 46.5 Å². The monoisotopic (exact) mass is 341 g/mol. The predicted octanol–water partition coefficient (Wildman–Crippen LogP) is 4.20. The number of hydrogen-bond acceptors (Lipinski definition) is 3. The van der Waals surface area contributed by atoms with E-state index in [-0.39, 0.29) is 0 Å². The van der Waals surface area contributed by atoms with Crippen LogP contribution >= 0.6 is 0 Å². The number of nitrogens with one attached hydrogen (secondary N) is 2. The molecule has 3 heteroatoms. The Hall–Kier alpha value is -1.45. The van der Waals surface area contributed by atoms with E-state index in [1.807, 2.05) is 13.3 Å². The lowest BCUT2D eigenvalue weighted by molar-refractivity contribution is 0.263. The number of allylic oxidation sites excluding steroid dienone is 5. The highest BCUT2D eigenvalue weighted by atomic mass is 15.0. The van der Waals surface area contributed by atoms with Gasteiger partial charge in [0.1, 0.15) is 0 Å². The highest BCUT2D eigenvalue weighted by Crippen LogP contribution is 2.27. The predicted molar refractivity (Wildman–Crippen MR) is 110 cm³/mol. The van der Waals surface area contributed by atoms with E-state index in [1.54, 1.807) is 5.57 Å². The smallest absolute Gasteiger partial charge is 0.0334 e. The topological polar surface area (TPSA) is 36.4 Å². The van der Waals surface area contributed by atoms with Gasteiger partial charge in [-0.05, 0) is 57.6 Å². The fourth-order valence-corrected chi connectivity index (χ4v) is 3.74. The van der Waals surface area contributed by atoms with Gasteiger partial charge in [0.05, 0.1) is 0 Å². The van der Waals surface area contributed by atoms with E-state index in [9.17, 15) is 0 Å². The molecule has 1 saturated heterocycles. The standard InChI is InChI=1S/C22H35N3/c1-6-7-8-16(2)22(21-14-24-15-21)25-18(4)12-19-9-10-20(13-23-5)17(3)11-19/h6-7,11,13,18,21-22,24-25H,2,8-10,12,14-15H2,1,3-5H3/b7-6-,23-13?. The summed E-state index contributed by atoms with van der Waals surface area (Å²) >= 11 is 0. The Labute approximate surface area is 154 Å². The zero-order valence-electron chi connectivity index (χ0n) is 16.4. The lowest BCUT2D eigenvalue weighted by atomic mass is 9.86. The van der Waals surface area contributed by atoms with Gasteiger partial charge in [-0.2, -0.15) is 0 Å². The molecule has 0 amide bonds. The molecule has 0 aromatic rings. The molecule has 25 heavy (non-hydrogen) atoms. The quantitative estimate of drug-likeness (QED) is 0.487. The first-order valence-electron chi connectivity index (χ1n) is 9.62. The molecule has 1 fully saturated rings. The van der Waals surface area contributed by atoms with Crippen LogP contribution in [-0.4, -0.2) is 38.4 Å². The molecular formula is C22H35N3. The molecule has 2 atom stereocenters. The van der Waals surface area contributed by atoms with Crippen LogP contribution in [0.2, 0.25) is 0 Å². The Morgan fingerprint density at radius 2 is 2.20 bits per heavy atom. The third-order valence-corrected chi connectivity index (χ3v) is 5.30. The molecule has 2 rings (SSSR count). The molecule has 138 valence electrons. The van der Waals surface area contributed by atoms with Gasteiger partial charge in [-0.15, -0.1) is 0 Å². The summed E-state index contributed by atoms with van der Waals surface area (Å²) in [4.78, 5) is 4.17. The van der Waals surface area contributed by atoms with Crippen LogP contribution in [0.15, 0.2) is 52.1 Å². The number of rotatable bonds is 9. The Morgan fingerprint density at radius 1 is 1.44 bits per heavy atom. The first-order chi connectivity index (χ1) is 12.0. The summed E-state index contributed by atoms with van der Waals surface area (Å²) in [5.74, 6) is 0.676. The number of aliphatic imine (C=N–C) groups is 1. The molecule has 2 N–H and O–H groups in total. The van der Waals surface area contributed by atoms with Crippen LogP contribution in [0.25, 0.3) is 0 Å². The second-order valence-corrected chi connectivity index (χ2v) is 7.50. The van der Waals surface area contributed by atoms with E-state index in [1.165, 1.54) is 16.7 Å². The first kappa shape index (κ1) is 19.9. The third-order valence-electron chi connectivity index (χ3n) is 5.30. The van der Waals surface area contributed by atoms with Crippen LogP contribution < -0.4 is 10.6 Å². The Balaban J connectivity index is 1.96. The van der Waals surface area contributed by atoms with Crippen molar-refractivity contribution in [1.82, 2.24) is 10.6 Å². The summed E-state index contributed by atoms with van der Waals surface area (Å²) in [5.41, 5.74) is 5.61. The molecule has 0 saturated carbocycles. The van der Waals surface area contributed by atoms with Crippen LogP contribution in [0.3, 0.4) is 0 Å². The zero-order valence-corrected chi connectivity index (χ0v) is 16.4. The molecule has 2 aliphatic rings. The second kappa shape index (κ2) is 9.88. The van der Waals surface area contributed by atoms with Gasteiger partial charge >= 0.3 is 0 Å². The highest BCUT2D eigenvalue weighted by Gasteiger charge is 2.29. The third kappa shape index (κ3) is 5.79. The van der Waals surface area contributed by atoms with Crippen molar-refractivity contribution in [2.75, 3.05) is 20.1 Å². The number of hydrogen-bond donors (Lipinski definition) is 2. The minimum absolute atomic E-state index is 0.413. The summed E-state index contributed by atoms with van der Waals surface area (Å²) in [6.07, 6.45) is 13.1. The van der Waals surface area contributed by atoms with Crippen LogP contribution in [0.5, 0.6) is 0 Å². The van der Waals surface area contributed by atoms with Crippen LogP contribution in [0, 0.1) is 5.92 Å². The second-order valence-electron chi connectivity index (χ2n) is 7.50. The van der Waals surface area contributed by atoms with Gasteiger partial charge in [-0.1, -0.05) is 36.0 Å². The molecule has 0 spiro atoms. The summed E-state index contributed by atoms with van der Waals surface area (Å²) in [5, 5.41) is 7.27. The molecule has 2 unspecified atom stereocenters. The van der Waals surface area contributed by atoms with Gasteiger partial charge in [0.15, 0.2) is 0 Å². The lowest BCUT2D eigenvalue weighted by Gasteiger charge is -2.38. The van der Waals surface area contributed by atoms with E-state index >= 15 is 0 Å². The van der Waals surface area contributed by atoms with E-state index in [4.69, 9.17) is 0 Å². The summed E-state index contributed by atoms with van der Waals surface area (Å²) in [6.45, 7) is 13.2. The van der Waals surface area contributed by atoms with Gasteiger partial charge in [0.2, 0.25) is 0 Å². The molecule has 1 aliphatic carbocycles. The maximum Gasteiger partial charge on any atom is 0.0334 e. The van der Waals surface area contributed by atoms with E-state index < -0.39 is 0 Å². The highest BCUT2D eigenvalue weighted by molar-refractivity contribution is 5.80. The molecule has 0 aromatic carbocycles. The largest absolute Gasteiger partial charge is 0.316 e. The fourth-order valence-electron chi connectivity index (χ4n) is 3.74. The van der Waals surface area contributed by atoms with Gasteiger partial charge in [0, 0.05) is 44.4 Å². The van der Waals surface area contributed by atoms with Crippen LogP contribution in [0.4, 0.5) is 0 Å². The zero-order chi connectivity index (χ0) is 18.2. The fraction of sp³-hybridized carbons (Fsp3) is 0.591. The Morgan fingerprint density at radius 3 is 2.76 bits per heavy atom. The van der Waals surface area contributed by atoms with Crippen molar-refractivity contribution in [3.63, 3.8) is 0 Å². The lowest BCUT2D eigenvalue weighted by Crippen LogP contribution is -2.55. The minimum Gasteiger partial charge on any atom is -0.316 e. The van der Waals surface area contributed by atoms with Gasteiger partial charge in [-0.25, -0.2) is 0 Å². The summed E-state index contributed by atoms with van der Waals surface area (Å²) in [6, 6.07) is 0.879. The molecule has 3 nitrogen and oxygen atoms in total. The molecule has 1 aliphatic heterocycles. The average Bonchev–Trinajstić information content (AvgIpc) is 2.53. The van der Waals surface area contributed by atoms with Crippen molar-refractivity contribution < 1.29 is 0 Å². The van der Waals surface area contributed by atoms with E-state index in [0.29, 0.717) is 18.0 Å². The first-order valence-corrected chi connectivity index (χ1v) is 9.62. The van der Waals surface area contributed by atoms with Gasteiger partial charge in [0.25, 0.3) is 0 Å². The Kier molecular flexibility index (Phi) is 7.86. The summed E-state index contributed by atoms with van der Waals surface area (Å²) in [7, 11) is 1.85. The maximum atomic E-state index is 4.36. The molecule has 0 radical (unpaired) electrons. The minimum atomic E-state index is 0.413. The SMILES string of the molecule is C=C(C/C=C\C)C(NC(C)CC1=CC(C)=C(C=NC)CC1)C1CNC1. The van der Waals surface area contributed by atoms with Crippen molar-refractivity contribution >= 4 is 6.21 Å². The molecule has 0 aromatic heterocycles.